The molecule has 94 valence electrons. The minimum Gasteiger partial charge on any atom is -0.384 e. The van der Waals surface area contributed by atoms with Crippen LogP contribution in [0.2, 0.25) is 0 Å². The number of hydrogen-bond acceptors (Lipinski definition) is 3. The van der Waals surface area contributed by atoms with Crippen molar-refractivity contribution >= 4 is 22.5 Å². The molecule has 18 heavy (non-hydrogen) atoms. The lowest BCUT2D eigenvalue weighted by molar-refractivity contribution is -0.117. The lowest BCUT2D eigenvalue weighted by Gasteiger charge is -2.11. The molecule has 5 heteroatoms. The van der Waals surface area contributed by atoms with Crippen LogP contribution in [0.5, 0.6) is 0 Å². The number of primary amides is 1. The van der Waals surface area contributed by atoms with Crippen LogP contribution in [0.25, 0.3) is 10.9 Å². The Morgan fingerprint density at radius 2 is 2.11 bits per heavy atom. The van der Waals surface area contributed by atoms with E-state index in [4.69, 9.17) is 5.73 Å². The zero-order valence-corrected chi connectivity index (χ0v) is 10.1. The maximum Gasteiger partial charge on any atom is 0.252 e. The van der Waals surface area contributed by atoms with Gasteiger partial charge in [0.2, 0.25) is 5.91 Å². The third kappa shape index (κ3) is 2.34. The van der Waals surface area contributed by atoms with Crippen molar-refractivity contribution in [1.82, 2.24) is 4.57 Å². The van der Waals surface area contributed by atoms with Crippen molar-refractivity contribution in [3.8, 4) is 0 Å². The van der Waals surface area contributed by atoms with E-state index in [0.29, 0.717) is 6.54 Å². The first-order valence-electron chi connectivity index (χ1n) is 5.70. The second kappa shape index (κ2) is 4.91. The Morgan fingerprint density at radius 1 is 1.39 bits per heavy atom. The Morgan fingerprint density at radius 3 is 2.83 bits per heavy atom. The largest absolute Gasteiger partial charge is 0.384 e. The highest BCUT2D eigenvalue weighted by molar-refractivity contribution is 5.91. The summed E-state index contributed by atoms with van der Waals surface area (Å²) in [5, 5.41) is 4.02. The Balaban J connectivity index is 2.41. The molecule has 1 heterocycles. The highest BCUT2D eigenvalue weighted by Gasteiger charge is 2.05. The molecule has 0 unspecified atom stereocenters. The van der Waals surface area contributed by atoms with E-state index < -0.39 is 0 Å². The molecule has 0 spiro atoms. The van der Waals surface area contributed by atoms with E-state index in [1.807, 2.05) is 24.3 Å². The third-order valence-corrected chi connectivity index (χ3v) is 2.84. The number of rotatable bonds is 4. The molecule has 0 aliphatic heterocycles. The quantitative estimate of drug-likeness (QED) is 0.837. The van der Waals surface area contributed by atoms with Gasteiger partial charge in [0.25, 0.3) is 5.56 Å². The van der Waals surface area contributed by atoms with Gasteiger partial charge in [-0.05, 0) is 6.07 Å². The molecule has 2 aromatic rings. The minimum absolute atomic E-state index is 0.0877. The van der Waals surface area contributed by atoms with Crippen LogP contribution in [0.4, 0.5) is 5.69 Å². The molecule has 0 aliphatic carbocycles. The average Bonchev–Trinajstić information content (AvgIpc) is 2.35. The van der Waals surface area contributed by atoms with Crippen molar-refractivity contribution < 1.29 is 4.79 Å². The number of nitrogens with zero attached hydrogens (tertiary/aromatic N) is 1. The van der Waals surface area contributed by atoms with Crippen LogP contribution < -0.4 is 16.6 Å². The molecule has 3 N–H and O–H groups in total. The summed E-state index contributed by atoms with van der Waals surface area (Å²) >= 11 is 0. The molecule has 0 atom stereocenters. The van der Waals surface area contributed by atoms with E-state index in [1.54, 1.807) is 11.6 Å². The van der Waals surface area contributed by atoms with Crippen LogP contribution in [0.15, 0.2) is 35.1 Å². The van der Waals surface area contributed by atoms with Crippen LogP contribution in [-0.2, 0) is 11.8 Å². The van der Waals surface area contributed by atoms with Crippen molar-refractivity contribution in [2.24, 2.45) is 12.8 Å². The van der Waals surface area contributed by atoms with Gasteiger partial charge >= 0.3 is 0 Å². The maximum atomic E-state index is 11.8. The minimum atomic E-state index is -0.365. The van der Waals surface area contributed by atoms with Crippen LogP contribution in [0.3, 0.4) is 0 Å². The zero-order chi connectivity index (χ0) is 13.1. The number of benzene rings is 1. The van der Waals surface area contributed by atoms with Gasteiger partial charge in [0.1, 0.15) is 0 Å². The molecule has 0 fully saturated rings. The monoisotopic (exact) mass is 245 g/mol. The first kappa shape index (κ1) is 12.2. The average molecular weight is 245 g/mol. The Hall–Kier alpha value is -2.30. The summed E-state index contributed by atoms with van der Waals surface area (Å²) in [5.74, 6) is -0.365. The number of pyridine rings is 1. The van der Waals surface area contributed by atoms with Gasteiger partial charge in [-0.25, -0.2) is 0 Å². The van der Waals surface area contributed by atoms with E-state index >= 15 is 0 Å². The molecular weight excluding hydrogens is 230 g/mol. The summed E-state index contributed by atoms with van der Waals surface area (Å²) in [6.45, 7) is 0.423. The van der Waals surface area contributed by atoms with Crippen LogP contribution in [-0.4, -0.2) is 17.0 Å². The van der Waals surface area contributed by atoms with Crippen molar-refractivity contribution in [2.45, 2.75) is 6.42 Å². The number of para-hydroxylation sites is 1. The number of nitrogens with one attached hydrogen (secondary N) is 1. The van der Waals surface area contributed by atoms with Crippen molar-refractivity contribution in [2.75, 3.05) is 11.9 Å². The summed E-state index contributed by atoms with van der Waals surface area (Å²) in [5.41, 5.74) is 6.58. The van der Waals surface area contributed by atoms with Gasteiger partial charge in [0.15, 0.2) is 0 Å². The number of aromatic nitrogens is 1. The molecule has 0 radical (unpaired) electrons. The summed E-state index contributed by atoms with van der Waals surface area (Å²) < 4.78 is 1.59. The van der Waals surface area contributed by atoms with Crippen LogP contribution >= 0.6 is 0 Å². The normalized spacial score (nSPS) is 10.5. The summed E-state index contributed by atoms with van der Waals surface area (Å²) in [6, 6.07) is 9.14. The van der Waals surface area contributed by atoms with E-state index in [0.717, 1.165) is 16.6 Å². The Bertz CT molecular complexity index is 646. The number of hydrogen-bond donors (Lipinski definition) is 2. The van der Waals surface area contributed by atoms with Crippen LogP contribution in [0.1, 0.15) is 6.42 Å². The SMILES string of the molecule is Cn1c(=O)cc(NCCC(N)=O)c2ccccc21. The lowest BCUT2D eigenvalue weighted by Crippen LogP contribution is -2.19. The number of anilines is 1. The highest BCUT2D eigenvalue weighted by Crippen LogP contribution is 2.20. The third-order valence-electron chi connectivity index (χ3n) is 2.84. The van der Waals surface area contributed by atoms with Crippen molar-refractivity contribution in [1.29, 1.82) is 0 Å². The Labute approximate surface area is 104 Å². The standard InChI is InChI=1S/C13H15N3O2/c1-16-11-5-3-2-4-9(11)10(8-13(16)18)15-7-6-12(14)17/h2-5,8,15H,6-7H2,1H3,(H2,14,17). The number of aryl methyl sites for hydroxylation is 1. The topological polar surface area (TPSA) is 77.1 Å². The fourth-order valence-electron chi connectivity index (χ4n) is 1.88. The van der Waals surface area contributed by atoms with Gasteiger partial charge in [-0.2, -0.15) is 0 Å². The molecule has 0 bridgehead atoms. The predicted octanol–water partition coefficient (Wildman–Crippen LogP) is 0.826. The van der Waals surface area contributed by atoms with Gasteiger partial charge in [0.05, 0.1) is 5.52 Å². The number of fused-ring (bicyclic) bond motifs is 1. The molecule has 1 amide bonds. The summed E-state index contributed by atoms with van der Waals surface area (Å²) in [7, 11) is 1.73. The molecule has 0 saturated carbocycles. The molecule has 1 aromatic carbocycles. The zero-order valence-electron chi connectivity index (χ0n) is 10.1. The molecule has 5 nitrogen and oxygen atoms in total. The number of nitrogens with two attached hydrogens (primary N) is 1. The van der Waals surface area contributed by atoms with Crippen molar-refractivity contribution in [3.05, 3.63) is 40.7 Å². The number of carbonyl (C=O) groups excluding carboxylic acids is 1. The van der Waals surface area contributed by atoms with Crippen LogP contribution in [0, 0.1) is 0 Å². The van der Waals surface area contributed by atoms with Gasteiger partial charge in [-0.1, -0.05) is 18.2 Å². The number of amides is 1. The molecular formula is C13H15N3O2. The van der Waals surface area contributed by atoms with Gasteiger partial charge in [0, 0.05) is 37.2 Å². The molecule has 0 saturated heterocycles. The summed E-state index contributed by atoms with van der Waals surface area (Å²) in [4.78, 5) is 22.5. The molecule has 1 aromatic heterocycles. The van der Waals surface area contributed by atoms with E-state index in [9.17, 15) is 9.59 Å². The van der Waals surface area contributed by atoms with Gasteiger partial charge in [-0.3, -0.25) is 9.59 Å². The fourth-order valence-corrected chi connectivity index (χ4v) is 1.88. The van der Waals surface area contributed by atoms with Gasteiger partial charge < -0.3 is 15.6 Å². The summed E-state index contributed by atoms with van der Waals surface area (Å²) in [6.07, 6.45) is 0.240. The second-order valence-corrected chi connectivity index (χ2v) is 4.12. The second-order valence-electron chi connectivity index (χ2n) is 4.12. The van der Waals surface area contributed by atoms with E-state index in [-0.39, 0.29) is 17.9 Å². The first-order valence-corrected chi connectivity index (χ1v) is 5.70. The molecule has 2 rings (SSSR count). The smallest absolute Gasteiger partial charge is 0.252 e. The lowest BCUT2D eigenvalue weighted by atomic mass is 10.1. The highest BCUT2D eigenvalue weighted by atomic mass is 16.1. The number of carbonyl (C=O) groups is 1. The van der Waals surface area contributed by atoms with E-state index in [2.05, 4.69) is 5.32 Å². The predicted molar refractivity (Wildman–Crippen MR) is 71.5 cm³/mol. The Kier molecular flexibility index (Phi) is 3.32. The molecule has 0 aliphatic rings. The van der Waals surface area contributed by atoms with Gasteiger partial charge in [-0.15, -0.1) is 0 Å². The van der Waals surface area contributed by atoms with Crippen molar-refractivity contribution in [3.63, 3.8) is 0 Å². The van der Waals surface area contributed by atoms with E-state index in [1.165, 1.54) is 6.07 Å². The maximum absolute atomic E-state index is 11.8. The first-order chi connectivity index (χ1) is 8.59. The fraction of sp³-hybridized carbons (Fsp3) is 0.231.